The fourth-order valence-electron chi connectivity index (χ4n) is 1.65. The third kappa shape index (κ3) is 1.98. The highest BCUT2D eigenvalue weighted by Crippen LogP contribution is 2.38. The fraction of sp³-hybridized carbons (Fsp3) is 0.273. The molecule has 2 rings (SSSR count). The molecule has 0 aliphatic heterocycles. The standard InChI is InChI=1S/C11H8BrF3S/c1-2-6-3-7(11(13,14)15)4-9-10(6)8(12)5-16-9/h3-5H,2H2,1H3. The van der Waals surface area contributed by atoms with Gasteiger partial charge >= 0.3 is 6.18 Å². The topological polar surface area (TPSA) is 0 Å². The van der Waals surface area contributed by atoms with Crippen molar-refractivity contribution in [3.8, 4) is 0 Å². The number of benzene rings is 1. The van der Waals surface area contributed by atoms with Gasteiger partial charge < -0.3 is 0 Å². The molecule has 0 saturated heterocycles. The minimum Gasteiger partial charge on any atom is -0.166 e. The number of aryl methyl sites for hydroxylation is 1. The lowest BCUT2D eigenvalue weighted by Crippen LogP contribution is -2.05. The number of hydrogen-bond donors (Lipinski definition) is 0. The molecule has 0 aliphatic carbocycles. The number of halogens is 4. The summed E-state index contributed by atoms with van der Waals surface area (Å²) in [6.07, 6.45) is -3.68. The molecule has 0 saturated carbocycles. The van der Waals surface area contributed by atoms with Gasteiger partial charge in [-0.15, -0.1) is 11.3 Å². The maximum atomic E-state index is 12.6. The van der Waals surface area contributed by atoms with Gasteiger partial charge in [-0.25, -0.2) is 0 Å². The van der Waals surface area contributed by atoms with Crippen LogP contribution in [0.3, 0.4) is 0 Å². The van der Waals surface area contributed by atoms with Crippen LogP contribution in [-0.4, -0.2) is 0 Å². The Labute approximate surface area is 103 Å². The zero-order valence-electron chi connectivity index (χ0n) is 8.36. The number of fused-ring (bicyclic) bond motifs is 1. The molecule has 5 heteroatoms. The second-order valence-corrected chi connectivity index (χ2v) is 5.21. The minimum absolute atomic E-state index is 0.564. The van der Waals surface area contributed by atoms with E-state index in [0.29, 0.717) is 11.1 Å². The predicted octanol–water partition coefficient (Wildman–Crippen LogP) is 5.25. The van der Waals surface area contributed by atoms with E-state index in [1.54, 1.807) is 0 Å². The van der Waals surface area contributed by atoms with Gasteiger partial charge in [0.25, 0.3) is 0 Å². The first-order chi connectivity index (χ1) is 7.43. The van der Waals surface area contributed by atoms with Crippen molar-refractivity contribution >= 4 is 37.4 Å². The second-order valence-electron chi connectivity index (χ2n) is 3.44. The van der Waals surface area contributed by atoms with Gasteiger partial charge in [-0.05, 0) is 40.0 Å². The van der Waals surface area contributed by atoms with E-state index >= 15 is 0 Å². The molecule has 16 heavy (non-hydrogen) atoms. The molecule has 2 aromatic rings. The molecule has 0 bridgehead atoms. The summed E-state index contributed by atoms with van der Waals surface area (Å²) in [4.78, 5) is 0. The highest BCUT2D eigenvalue weighted by atomic mass is 79.9. The third-order valence-electron chi connectivity index (χ3n) is 2.42. The van der Waals surface area contributed by atoms with Gasteiger partial charge in [0.15, 0.2) is 0 Å². The molecular weight excluding hydrogens is 301 g/mol. The first kappa shape index (κ1) is 11.9. The van der Waals surface area contributed by atoms with Crippen molar-refractivity contribution in [2.75, 3.05) is 0 Å². The monoisotopic (exact) mass is 308 g/mol. The molecule has 0 N–H and O–H groups in total. The van der Waals surface area contributed by atoms with Crippen molar-refractivity contribution < 1.29 is 13.2 Å². The molecule has 0 spiro atoms. The molecule has 1 aromatic carbocycles. The second kappa shape index (κ2) is 4.04. The first-order valence-electron chi connectivity index (χ1n) is 4.70. The number of alkyl halides is 3. The van der Waals surface area contributed by atoms with Crippen LogP contribution in [0.2, 0.25) is 0 Å². The van der Waals surface area contributed by atoms with Gasteiger partial charge in [0.2, 0.25) is 0 Å². The van der Waals surface area contributed by atoms with Crippen molar-refractivity contribution in [2.45, 2.75) is 19.5 Å². The molecule has 0 fully saturated rings. The first-order valence-corrected chi connectivity index (χ1v) is 6.37. The summed E-state index contributed by atoms with van der Waals surface area (Å²) < 4.78 is 39.4. The van der Waals surface area contributed by atoms with E-state index in [2.05, 4.69) is 15.9 Å². The van der Waals surface area contributed by atoms with Crippen LogP contribution < -0.4 is 0 Å². The molecule has 0 aliphatic rings. The van der Waals surface area contributed by atoms with E-state index in [1.165, 1.54) is 23.5 Å². The highest BCUT2D eigenvalue weighted by Gasteiger charge is 2.31. The lowest BCUT2D eigenvalue weighted by Gasteiger charge is -2.09. The number of hydrogen-bond acceptors (Lipinski definition) is 1. The minimum atomic E-state index is -4.27. The van der Waals surface area contributed by atoms with Gasteiger partial charge in [0, 0.05) is 19.9 Å². The molecule has 86 valence electrons. The Morgan fingerprint density at radius 3 is 2.56 bits per heavy atom. The van der Waals surface area contributed by atoms with Crippen molar-refractivity contribution in [1.29, 1.82) is 0 Å². The Balaban J connectivity index is 2.75. The van der Waals surface area contributed by atoms with E-state index < -0.39 is 11.7 Å². The van der Waals surface area contributed by atoms with Crippen LogP contribution in [0.5, 0.6) is 0 Å². The van der Waals surface area contributed by atoms with Crippen molar-refractivity contribution in [3.63, 3.8) is 0 Å². The summed E-state index contributed by atoms with van der Waals surface area (Å²) in [6, 6.07) is 2.45. The molecule has 0 nitrogen and oxygen atoms in total. The molecule has 0 unspecified atom stereocenters. The van der Waals surface area contributed by atoms with Crippen LogP contribution in [-0.2, 0) is 12.6 Å². The molecule has 1 aromatic heterocycles. The molecule has 0 atom stereocenters. The quantitative estimate of drug-likeness (QED) is 0.675. The van der Waals surface area contributed by atoms with Crippen molar-refractivity contribution in [2.24, 2.45) is 0 Å². The van der Waals surface area contributed by atoms with Crippen molar-refractivity contribution in [1.82, 2.24) is 0 Å². The zero-order chi connectivity index (χ0) is 11.9. The van der Waals surface area contributed by atoms with Gasteiger partial charge in [-0.2, -0.15) is 13.2 Å². The van der Waals surface area contributed by atoms with E-state index in [1.807, 2.05) is 12.3 Å². The smallest absolute Gasteiger partial charge is 0.166 e. The van der Waals surface area contributed by atoms with Crippen LogP contribution >= 0.6 is 27.3 Å². The lowest BCUT2D eigenvalue weighted by atomic mass is 10.0. The third-order valence-corrected chi connectivity index (χ3v) is 4.28. The van der Waals surface area contributed by atoms with Crippen LogP contribution in [0.15, 0.2) is 22.0 Å². The van der Waals surface area contributed by atoms with Crippen LogP contribution in [0, 0.1) is 0 Å². The Morgan fingerprint density at radius 1 is 1.31 bits per heavy atom. The van der Waals surface area contributed by atoms with Crippen LogP contribution in [0.1, 0.15) is 18.1 Å². The molecular formula is C11H8BrF3S. The highest BCUT2D eigenvalue weighted by molar-refractivity contribution is 9.10. The average Bonchev–Trinajstić information content (AvgIpc) is 2.58. The summed E-state index contributed by atoms with van der Waals surface area (Å²) in [5.41, 5.74) is 0.171. The lowest BCUT2D eigenvalue weighted by molar-refractivity contribution is -0.137. The molecule has 1 heterocycles. The maximum Gasteiger partial charge on any atom is 0.416 e. The molecule has 0 amide bonds. The van der Waals surface area contributed by atoms with E-state index in [-0.39, 0.29) is 0 Å². The summed E-state index contributed by atoms with van der Waals surface area (Å²) in [7, 11) is 0. The summed E-state index contributed by atoms with van der Waals surface area (Å²) in [5, 5.41) is 2.73. The van der Waals surface area contributed by atoms with E-state index in [9.17, 15) is 13.2 Å². The van der Waals surface area contributed by atoms with Gasteiger partial charge in [-0.3, -0.25) is 0 Å². The molecule has 0 radical (unpaired) electrons. The SMILES string of the molecule is CCc1cc(C(F)(F)F)cc2scc(Br)c12. The normalized spacial score (nSPS) is 12.3. The Bertz CT molecular complexity index is 528. The number of rotatable bonds is 1. The summed E-state index contributed by atoms with van der Waals surface area (Å²) >= 11 is 4.69. The number of thiophene rings is 1. The van der Waals surface area contributed by atoms with E-state index in [0.717, 1.165) is 15.4 Å². The van der Waals surface area contributed by atoms with Gasteiger partial charge in [0.05, 0.1) is 5.56 Å². The van der Waals surface area contributed by atoms with Crippen molar-refractivity contribution in [3.05, 3.63) is 33.1 Å². The van der Waals surface area contributed by atoms with Gasteiger partial charge in [0.1, 0.15) is 0 Å². The largest absolute Gasteiger partial charge is 0.416 e. The Kier molecular flexibility index (Phi) is 3.01. The average molecular weight is 309 g/mol. The fourth-order valence-corrected chi connectivity index (χ4v) is 3.44. The summed E-state index contributed by atoms with van der Waals surface area (Å²) in [6.45, 7) is 1.86. The van der Waals surface area contributed by atoms with Gasteiger partial charge in [-0.1, -0.05) is 6.92 Å². The summed E-state index contributed by atoms with van der Waals surface area (Å²) in [5.74, 6) is 0. The van der Waals surface area contributed by atoms with E-state index in [4.69, 9.17) is 0 Å². The Morgan fingerprint density at radius 2 is 2.00 bits per heavy atom. The van der Waals surface area contributed by atoms with Crippen LogP contribution in [0.25, 0.3) is 10.1 Å². The zero-order valence-corrected chi connectivity index (χ0v) is 10.8. The Hall–Kier alpha value is -0.550. The predicted molar refractivity (Wildman–Crippen MR) is 63.9 cm³/mol. The maximum absolute atomic E-state index is 12.6. The van der Waals surface area contributed by atoms with Crippen LogP contribution in [0.4, 0.5) is 13.2 Å².